The van der Waals surface area contributed by atoms with E-state index in [1.807, 2.05) is 19.2 Å². The summed E-state index contributed by atoms with van der Waals surface area (Å²) in [6.07, 6.45) is 0.230. The van der Waals surface area contributed by atoms with Crippen LogP contribution < -0.4 is 20.7 Å². The molecule has 0 aliphatic carbocycles. The van der Waals surface area contributed by atoms with Crippen LogP contribution in [0.1, 0.15) is 6.42 Å². The molecular formula is C18H26N4O3. The van der Waals surface area contributed by atoms with Crippen LogP contribution >= 0.6 is 0 Å². The van der Waals surface area contributed by atoms with Gasteiger partial charge in [0.25, 0.3) is 0 Å². The third-order valence-corrected chi connectivity index (χ3v) is 5.17. The summed E-state index contributed by atoms with van der Waals surface area (Å²) in [7, 11) is 3.61. The number of likely N-dealkylation sites (tertiary alicyclic amines) is 1. The Morgan fingerprint density at radius 2 is 2.20 bits per heavy atom. The minimum Gasteiger partial charge on any atom is -0.495 e. The lowest BCUT2D eigenvalue weighted by molar-refractivity contribution is -0.130. The molecule has 3 N–H and O–H groups in total. The van der Waals surface area contributed by atoms with Crippen molar-refractivity contribution < 1.29 is 14.3 Å². The minimum atomic E-state index is -0.353. The van der Waals surface area contributed by atoms with Crippen molar-refractivity contribution in [2.24, 2.45) is 11.3 Å². The highest BCUT2D eigenvalue weighted by molar-refractivity contribution is 5.93. The quantitative estimate of drug-likeness (QED) is 0.690. The van der Waals surface area contributed by atoms with Crippen LogP contribution in [0.25, 0.3) is 0 Å². The lowest BCUT2D eigenvalue weighted by Gasteiger charge is -2.26. The summed E-state index contributed by atoms with van der Waals surface area (Å²) in [5.41, 5.74) is 0.283. The monoisotopic (exact) mass is 346 g/mol. The van der Waals surface area contributed by atoms with Gasteiger partial charge < -0.3 is 25.6 Å². The number of hydrogen-bond acceptors (Lipinski definition) is 5. The van der Waals surface area contributed by atoms with Gasteiger partial charge in [-0.1, -0.05) is 12.1 Å². The van der Waals surface area contributed by atoms with E-state index >= 15 is 0 Å². The Bertz CT molecular complexity index is 651. The van der Waals surface area contributed by atoms with Gasteiger partial charge in [-0.2, -0.15) is 0 Å². The lowest BCUT2D eigenvalue weighted by Crippen LogP contribution is -2.47. The van der Waals surface area contributed by atoms with E-state index in [-0.39, 0.29) is 23.7 Å². The predicted molar refractivity (Wildman–Crippen MR) is 95.5 cm³/mol. The number of anilines is 1. The molecule has 0 bridgehead atoms. The predicted octanol–water partition coefficient (Wildman–Crippen LogP) is 0.291. The minimum absolute atomic E-state index is 0.0527. The summed E-state index contributed by atoms with van der Waals surface area (Å²) in [6, 6.07) is 7.26. The van der Waals surface area contributed by atoms with Crippen molar-refractivity contribution in [3.8, 4) is 5.75 Å². The van der Waals surface area contributed by atoms with Crippen LogP contribution in [-0.4, -0.2) is 63.6 Å². The first kappa shape index (κ1) is 17.7. The molecular weight excluding hydrogens is 320 g/mol. The standard InChI is InChI=1S/C18H26N4O3/c1-22-10-13-9-19-11-18(13,12-22)17(24)20-8-7-16(23)21-14-5-3-4-6-15(14)25-2/h3-6,13,19H,7-12H2,1-2H3,(H,20,24)(H,21,23)/t13-,18-/m1/s1. The van der Waals surface area contributed by atoms with Gasteiger partial charge in [0.15, 0.2) is 0 Å². The summed E-state index contributed by atoms with van der Waals surface area (Å²) < 4.78 is 5.22. The number of carbonyl (C=O) groups is 2. The smallest absolute Gasteiger partial charge is 0.229 e. The van der Waals surface area contributed by atoms with E-state index in [2.05, 4.69) is 20.9 Å². The molecule has 1 aromatic rings. The van der Waals surface area contributed by atoms with Crippen molar-refractivity contribution in [3.63, 3.8) is 0 Å². The molecule has 3 rings (SSSR count). The molecule has 2 saturated heterocycles. The van der Waals surface area contributed by atoms with Gasteiger partial charge in [-0.15, -0.1) is 0 Å². The van der Waals surface area contributed by atoms with Gasteiger partial charge >= 0.3 is 0 Å². The van der Waals surface area contributed by atoms with Gasteiger partial charge in [-0.3, -0.25) is 9.59 Å². The van der Waals surface area contributed by atoms with Gasteiger partial charge in [0.1, 0.15) is 5.75 Å². The molecule has 0 aromatic heterocycles. The van der Waals surface area contributed by atoms with Crippen LogP contribution in [0.4, 0.5) is 5.69 Å². The second-order valence-corrected chi connectivity index (χ2v) is 6.94. The molecule has 2 fully saturated rings. The lowest BCUT2D eigenvalue weighted by atomic mass is 9.80. The number of methoxy groups -OCH3 is 1. The van der Waals surface area contributed by atoms with E-state index in [0.29, 0.717) is 30.4 Å². The van der Waals surface area contributed by atoms with Crippen molar-refractivity contribution in [2.75, 3.05) is 52.2 Å². The molecule has 7 nitrogen and oxygen atoms in total. The van der Waals surface area contributed by atoms with E-state index in [1.165, 1.54) is 0 Å². The summed E-state index contributed by atoms with van der Waals surface area (Å²) in [6.45, 7) is 3.63. The number of carbonyl (C=O) groups excluding carboxylic acids is 2. The molecule has 0 radical (unpaired) electrons. The Kier molecular flexibility index (Phi) is 5.24. The Morgan fingerprint density at radius 3 is 3.00 bits per heavy atom. The maximum Gasteiger partial charge on any atom is 0.229 e. The Labute approximate surface area is 148 Å². The molecule has 0 unspecified atom stereocenters. The summed E-state index contributed by atoms with van der Waals surface area (Å²) in [4.78, 5) is 27.0. The summed E-state index contributed by atoms with van der Waals surface area (Å²) >= 11 is 0. The number of benzene rings is 1. The van der Waals surface area contributed by atoms with Crippen LogP contribution in [0.2, 0.25) is 0 Å². The number of hydrogen-bond donors (Lipinski definition) is 3. The van der Waals surface area contributed by atoms with Crippen molar-refractivity contribution in [1.82, 2.24) is 15.5 Å². The van der Waals surface area contributed by atoms with E-state index in [1.54, 1.807) is 19.2 Å². The second-order valence-electron chi connectivity index (χ2n) is 6.94. The van der Waals surface area contributed by atoms with Crippen LogP contribution in [0, 0.1) is 11.3 Å². The average molecular weight is 346 g/mol. The number of ether oxygens (including phenoxy) is 1. The second kappa shape index (κ2) is 7.41. The van der Waals surface area contributed by atoms with Gasteiger partial charge in [0, 0.05) is 45.1 Å². The first-order chi connectivity index (χ1) is 12.0. The van der Waals surface area contributed by atoms with Crippen molar-refractivity contribution >= 4 is 17.5 Å². The fraction of sp³-hybridized carbons (Fsp3) is 0.556. The first-order valence-electron chi connectivity index (χ1n) is 8.65. The number of fused-ring (bicyclic) bond motifs is 1. The highest BCUT2D eigenvalue weighted by Crippen LogP contribution is 2.38. The average Bonchev–Trinajstić information content (AvgIpc) is 3.12. The molecule has 2 aliphatic heterocycles. The Balaban J connectivity index is 1.49. The SMILES string of the molecule is COc1ccccc1NC(=O)CCNC(=O)[C@@]12CNC[C@@H]1CN(C)C2. The third kappa shape index (κ3) is 3.62. The van der Waals surface area contributed by atoms with E-state index < -0.39 is 0 Å². The molecule has 0 saturated carbocycles. The summed E-state index contributed by atoms with van der Waals surface area (Å²) in [5.74, 6) is 0.872. The highest BCUT2D eigenvalue weighted by Gasteiger charge is 2.53. The van der Waals surface area contributed by atoms with Crippen molar-refractivity contribution in [2.45, 2.75) is 6.42 Å². The van der Waals surface area contributed by atoms with Crippen LogP contribution in [0.5, 0.6) is 5.75 Å². The molecule has 7 heteroatoms. The van der Waals surface area contributed by atoms with Crippen LogP contribution in [0.3, 0.4) is 0 Å². The van der Waals surface area contributed by atoms with Gasteiger partial charge in [-0.05, 0) is 19.2 Å². The summed E-state index contributed by atoms with van der Waals surface area (Å²) in [5, 5.41) is 9.11. The molecule has 1 aromatic carbocycles. The number of para-hydroxylation sites is 2. The molecule has 25 heavy (non-hydrogen) atoms. The third-order valence-electron chi connectivity index (χ3n) is 5.17. The topological polar surface area (TPSA) is 82.7 Å². The maximum atomic E-state index is 12.7. The van der Waals surface area contributed by atoms with Gasteiger partial charge in [0.2, 0.25) is 11.8 Å². The van der Waals surface area contributed by atoms with Gasteiger partial charge in [0.05, 0.1) is 18.2 Å². The van der Waals surface area contributed by atoms with E-state index in [0.717, 1.165) is 19.6 Å². The van der Waals surface area contributed by atoms with Crippen LogP contribution in [0.15, 0.2) is 24.3 Å². The van der Waals surface area contributed by atoms with Crippen molar-refractivity contribution in [3.05, 3.63) is 24.3 Å². The largest absolute Gasteiger partial charge is 0.495 e. The molecule has 2 atom stereocenters. The molecule has 2 aliphatic rings. The fourth-order valence-corrected chi connectivity index (χ4v) is 3.92. The number of amides is 2. The molecule has 2 amide bonds. The van der Waals surface area contributed by atoms with E-state index in [9.17, 15) is 9.59 Å². The molecule has 0 spiro atoms. The van der Waals surface area contributed by atoms with E-state index in [4.69, 9.17) is 4.74 Å². The normalized spacial score (nSPS) is 25.4. The fourth-order valence-electron chi connectivity index (χ4n) is 3.92. The van der Waals surface area contributed by atoms with Gasteiger partial charge in [-0.25, -0.2) is 0 Å². The zero-order valence-electron chi connectivity index (χ0n) is 14.8. The van der Waals surface area contributed by atoms with Crippen molar-refractivity contribution in [1.29, 1.82) is 0 Å². The molecule has 2 heterocycles. The Hall–Kier alpha value is -2.12. The zero-order valence-corrected chi connectivity index (χ0v) is 14.8. The number of nitrogens with one attached hydrogen (secondary N) is 3. The highest BCUT2D eigenvalue weighted by atomic mass is 16.5. The molecule has 136 valence electrons. The number of nitrogens with zero attached hydrogens (tertiary/aromatic N) is 1. The Morgan fingerprint density at radius 1 is 1.40 bits per heavy atom. The number of rotatable bonds is 6. The first-order valence-corrected chi connectivity index (χ1v) is 8.65. The maximum absolute atomic E-state index is 12.7. The van der Waals surface area contributed by atoms with Crippen LogP contribution in [-0.2, 0) is 9.59 Å². The zero-order chi connectivity index (χ0) is 17.9.